The highest BCUT2D eigenvalue weighted by atomic mass is 32.1. The van der Waals surface area contributed by atoms with Gasteiger partial charge in [0.25, 0.3) is 5.91 Å². The van der Waals surface area contributed by atoms with Crippen molar-refractivity contribution in [3.8, 4) is 0 Å². The monoisotopic (exact) mass is 384 g/mol. The Morgan fingerprint density at radius 3 is 2.81 bits per heavy atom. The number of nitrogens with zero attached hydrogens (tertiary/aromatic N) is 4. The Kier molecular flexibility index (Phi) is 4.95. The van der Waals surface area contributed by atoms with Crippen molar-refractivity contribution in [1.29, 1.82) is 0 Å². The van der Waals surface area contributed by atoms with Gasteiger partial charge in [-0.25, -0.2) is 4.98 Å². The first-order valence-electron chi connectivity index (χ1n) is 9.43. The summed E-state index contributed by atoms with van der Waals surface area (Å²) in [5.41, 5.74) is 1.11. The van der Waals surface area contributed by atoms with Gasteiger partial charge in [-0.3, -0.25) is 14.6 Å². The second kappa shape index (κ2) is 7.38. The summed E-state index contributed by atoms with van der Waals surface area (Å²) in [6, 6.07) is 3.91. The molecular formula is C20H24N4O2S. The maximum absolute atomic E-state index is 12.9. The van der Waals surface area contributed by atoms with Gasteiger partial charge in [0, 0.05) is 50.4 Å². The lowest BCUT2D eigenvalue weighted by Gasteiger charge is -2.48. The summed E-state index contributed by atoms with van der Waals surface area (Å²) >= 11 is 1.45. The summed E-state index contributed by atoms with van der Waals surface area (Å²) in [5.74, 6) is 0.288. The van der Waals surface area contributed by atoms with Gasteiger partial charge in [0.15, 0.2) is 0 Å². The molecule has 4 rings (SSSR count). The SMILES string of the molecule is Cc1ncc(C(=O)N2CCCC3(CCC(=O)N(Cc4ccncc4)C3)C2)s1. The number of amides is 2. The fourth-order valence-corrected chi connectivity index (χ4v) is 5.03. The van der Waals surface area contributed by atoms with Crippen LogP contribution in [-0.4, -0.2) is 51.2 Å². The zero-order valence-corrected chi connectivity index (χ0v) is 16.4. The molecule has 2 aliphatic heterocycles. The van der Waals surface area contributed by atoms with Crippen molar-refractivity contribution < 1.29 is 9.59 Å². The Labute approximate surface area is 163 Å². The molecule has 1 unspecified atom stereocenters. The molecule has 7 heteroatoms. The molecule has 0 aliphatic carbocycles. The summed E-state index contributed by atoms with van der Waals surface area (Å²) in [4.78, 5) is 38.3. The molecule has 1 atom stereocenters. The van der Waals surface area contributed by atoms with E-state index in [-0.39, 0.29) is 17.2 Å². The number of pyridine rings is 1. The smallest absolute Gasteiger partial charge is 0.265 e. The molecule has 142 valence electrons. The number of rotatable bonds is 3. The predicted octanol–water partition coefficient (Wildman–Crippen LogP) is 2.89. The molecule has 27 heavy (non-hydrogen) atoms. The van der Waals surface area contributed by atoms with Crippen molar-refractivity contribution in [2.75, 3.05) is 19.6 Å². The molecule has 0 saturated carbocycles. The van der Waals surface area contributed by atoms with Crippen LogP contribution in [0.2, 0.25) is 0 Å². The Hall–Kier alpha value is -2.28. The molecule has 1 spiro atoms. The lowest BCUT2D eigenvalue weighted by Crippen LogP contribution is -2.54. The molecule has 0 N–H and O–H groups in total. The number of piperidine rings is 2. The number of hydrogen-bond acceptors (Lipinski definition) is 5. The first-order chi connectivity index (χ1) is 13.0. The van der Waals surface area contributed by atoms with Gasteiger partial charge in [0.1, 0.15) is 4.88 Å². The van der Waals surface area contributed by atoms with E-state index in [1.807, 2.05) is 28.9 Å². The van der Waals surface area contributed by atoms with Crippen LogP contribution in [-0.2, 0) is 11.3 Å². The van der Waals surface area contributed by atoms with E-state index in [1.165, 1.54) is 11.3 Å². The topological polar surface area (TPSA) is 66.4 Å². The number of likely N-dealkylation sites (tertiary alicyclic amines) is 2. The average Bonchev–Trinajstić information content (AvgIpc) is 3.12. The van der Waals surface area contributed by atoms with E-state index in [2.05, 4.69) is 9.97 Å². The van der Waals surface area contributed by atoms with Crippen LogP contribution in [0.25, 0.3) is 0 Å². The van der Waals surface area contributed by atoms with Gasteiger partial charge < -0.3 is 9.80 Å². The lowest BCUT2D eigenvalue weighted by molar-refractivity contribution is -0.139. The van der Waals surface area contributed by atoms with Crippen molar-refractivity contribution in [2.24, 2.45) is 5.41 Å². The van der Waals surface area contributed by atoms with Crippen molar-refractivity contribution in [1.82, 2.24) is 19.8 Å². The minimum Gasteiger partial charge on any atom is -0.338 e. The molecule has 6 nitrogen and oxygen atoms in total. The lowest BCUT2D eigenvalue weighted by atomic mass is 9.73. The molecular weight excluding hydrogens is 360 g/mol. The fourth-order valence-electron chi connectivity index (χ4n) is 4.29. The van der Waals surface area contributed by atoms with Crippen molar-refractivity contribution >= 4 is 23.2 Å². The zero-order valence-electron chi connectivity index (χ0n) is 15.6. The molecule has 2 saturated heterocycles. The minimum absolute atomic E-state index is 0.00851. The molecule has 2 amide bonds. The van der Waals surface area contributed by atoms with E-state index in [9.17, 15) is 9.59 Å². The summed E-state index contributed by atoms with van der Waals surface area (Å²) in [6.45, 7) is 4.77. The Morgan fingerprint density at radius 2 is 2.07 bits per heavy atom. The second-order valence-corrected chi connectivity index (χ2v) is 8.91. The quantitative estimate of drug-likeness (QED) is 0.816. The molecule has 0 radical (unpaired) electrons. The summed E-state index contributed by atoms with van der Waals surface area (Å²) < 4.78 is 0. The maximum atomic E-state index is 12.9. The largest absolute Gasteiger partial charge is 0.338 e. The Bertz CT molecular complexity index is 838. The van der Waals surface area contributed by atoms with Crippen LogP contribution in [0.3, 0.4) is 0 Å². The molecule has 2 aromatic heterocycles. The van der Waals surface area contributed by atoms with Gasteiger partial charge in [0.05, 0.1) is 11.2 Å². The molecule has 2 fully saturated rings. The molecule has 4 heterocycles. The van der Waals surface area contributed by atoms with Crippen molar-refractivity contribution in [3.63, 3.8) is 0 Å². The predicted molar refractivity (Wildman–Crippen MR) is 103 cm³/mol. The van der Waals surface area contributed by atoms with Crippen LogP contribution >= 0.6 is 11.3 Å². The number of aryl methyl sites for hydroxylation is 1. The summed E-state index contributed by atoms with van der Waals surface area (Å²) in [7, 11) is 0. The Balaban J connectivity index is 1.48. The standard InChI is InChI=1S/C20H24N4O2S/c1-15-22-11-17(27-15)19(26)23-10-2-6-20(13-23)7-3-18(25)24(14-20)12-16-4-8-21-9-5-16/h4-5,8-9,11H,2-3,6-7,10,12-14H2,1H3. The molecule has 2 aliphatic rings. The van der Waals surface area contributed by atoms with Gasteiger partial charge >= 0.3 is 0 Å². The highest BCUT2D eigenvalue weighted by molar-refractivity contribution is 7.13. The number of carbonyl (C=O) groups excluding carboxylic acids is 2. The molecule has 2 aromatic rings. The Morgan fingerprint density at radius 1 is 1.26 bits per heavy atom. The van der Waals surface area contributed by atoms with Gasteiger partial charge in [-0.05, 0) is 43.9 Å². The van der Waals surface area contributed by atoms with E-state index in [0.717, 1.165) is 49.5 Å². The third kappa shape index (κ3) is 3.88. The van der Waals surface area contributed by atoms with E-state index in [1.54, 1.807) is 18.6 Å². The second-order valence-electron chi connectivity index (χ2n) is 7.68. The van der Waals surface area contributed by atoms with Crippen LogP contribution in [0.5, 0.6) is 0 Å². The highest BCUT2D eigenvalue weighted by Gasteiger charge is 2.43. The van der Waals surface area contributed by atoms with Gasteiger partial charge in [-0.15, -0.1) is 11.3 Å². The van der Waals surface area contributed by atoms with E-state index < -0.39 is 0 Å². The van der Waals surface area contributed by atoms with Crippen molar-refractivity contribution in [2.45, 2.75) is 39.2 Å². The third-order valence-electron chi connectivity index (χ3n) is 5.65. The minimum atomic E-state index is 0.00851. The van der Waals surface area contributed by atoms with Gasteiger partial charge in [-0.1, -0.05) is 0 Å². The van der Waals surface area contributed by atoms with E-state index in [0.29, 0.717) is 17.8 Å². The van der Waals surface area contributed by atoms with Crippen LogP contribution in [0, 0.1) is 12.3 Å². The maximum Gasteiger partial charge on any atom is 0.265 e. The number of carbonyl (C=O) groups is 2. The van der Waals surface area contributed by atoms with Gasteiger partial charge in [0.2, 0.25) is 5.91 Å². The zero-order chi connectivity index (χ0) is 18.9. The van der Waals surface area contributed by atoms with Crippen molar-refractivity contribution in [3.05, 3.63) is 46.2 Å². The van der Waals surface area contributed by atoms with Crippen LogP contribution in [0.4, 0.5) is 0 Å². The van der Waals surface area contributed by atoms with Crippen LogP contribution in [0.15, 0.2) is 30.7 Å². The molecule has 0 bridgehead atoms. The number of thiazole rings is 1. The number of aromatic nitrogens is 2. The summed E-state index contributed by atoms with van der Waals surface area (Å²) in [6.07, 6.45) is 8.69. The third-order valence-corrected chi connectivity index (χ3v) is 6.55. The van der Waals surface area contributed by atoms with Gasteiger partial charge in [-0.2, -0.15) is 0 Å². The van der Waals surface area contributed by atoms with Crippen LogP contribution in [0.1, 0.15) is 45.9 Å². The fraction of sp³-hybridized carbons (Fsp3) is 0.500. The van der Waals surface area contributed by atoms with Crippen LogP contribution < -0.4 is 0 Å². The first kappa shape index (κ1) is 18.1. The van der Waals surface area contributed by atoms with E-state index >= 15 is 0 Å². The average molecular weight is 385 g/mol. The van der Waals surface area contributed by atoms with E-state index in [4.69, 9.17) is 0 Å². The highest BCUT2D eigenvalue weighted by Crippen LogP contribution is 2.39. The molecule has 0 aromatic carbocycles. The number of hydrogen-bond donors (Lipinski definition) is 0. The summed E-state index contributed by atoms with van der Waals surface area (Å²) in [5, 5.41) is 0.914. The first-order valence-corrected chi connectivity index (χ1v) is 10.2. The normalized spacial score (nSPS) is 23.1.